The summed E-state index contributed by atoms with van der Waals surface area (Å²) in [6.07, 6.45) is 0. The van der Waals surface area contributed by atoms with Crippen molar-refractivity contribution in [3.05, 3.63) is 35.4 Å². The zero-order chi connectivity index (χ0) is 9.97. The third kappa shape index (κ3) is 1.92. The number of hydrogen-bond acceptors (Lipinski definition) is 3. The molecular formula is C11H13N3. The Morgan fingerprint density at radius 1 is 1.36 bits per heavy atom. The van der Waals surface area contributed by atoms with E-state index in [0.717, 1.165) is 19.6 Å². The van der Waals surface area contributed by atoms with E-state index < -0.39 is 0 Å². The Labute approximate surface area is 83.7 Å². The zero-order valence-electron chi connectivity index (χ0n) is 7.98. The minimum atomic E-state index is 0.355. The molecule has 1 aliphatic heterocycles. The van der Waals surface area contributed by atoms with Gasteiger partial charge in [-0.05, 0) is 17.7 Å². The molecule has 3 heteroatoms. The van der Waals surface area contributed by atoms with Gasteiger partial charge in [-0.3, -0.25) is 4.90 Å². The number of rotatable bonds is 2. The molecule has 72 valence electrons. The smallest absolute Gasteiger partial charge is 0.0991 e. The summed E-state index contributed by atoms with van der Waals surface area (Å²) >= 11 is 0. The molecule has 0 saturated carbocycles. The van der Waals surface area contributed by atoms with Crippen molar-refractivity contribution in [1.29, 1.82) is 5.26 Å². The van der Waals surface area contributed by atoms with Crippen LogP contribution in [0, 0.1) is 11.3 Å². The summed E-state index contributed by atoms with van der Waals surface area (Å²) in [5.41, 5.74) is 7.65. The Morgan fingerprint density at radius 2 is 2.00 bits per heavy atom. The molecule has 0 aliphatic carbocycles. The summed E-state index contributed by atoms with van der Waals surface area (Å²) in [4.78, 5) is 2.30. The predicted molar refractivity (Wildman–Crippen MR) is 54.4 cm³/mol. The van der Waals surface area contributed by atoms with Gasteiger partial charge >= 0.3 is 0 Å². The third-order valence-corrected chi connectivity index (χ3v) is 2.47. The maximum absolute atomic E-state index is 8.63. The molecule has 1 saturated heterocycles. The number of likely N-dealkylation sites (tertiary alicyclic amines) is 1. The van der Waals surface area contributed by atoms with Gasteiger partial charge in [0.05, 0.1) is 11.6 Å². The van der Waals surface area contributed by atoms with Gasteiger partial charge < -0.3 is 5.73 Å². The van der Waals surface area contributed by atoms with E-state index in [2.05, 4.69) is 11.0 Å². The second-order valence-electron chi connectivity index (χ2n) is 3.76. The number of nitrogens with two attached hydrogens (primary N) is 1. The lowest BCUT2D eigenvalue weighted by atomic mass is 10.1. The Morgan fingerprint density at radius 3 is 2.50 bits per heavy atom. The van der Waals surface area contributed by atoms with Crippen LogP contribution in [0.5, 0.6) is 0 Å². The molecule has 0 bridgehead atoms. The van der Waals surface area contributed by atoms with Crippen molar-refractivity contribution in [3.63, 3.8) is 0 Å². The van der Waals surface area contributed by atoms with Crippen LogP contribution in [0.25, 0.3) is 0 Å². The Bertz CT molecular complexity index is 344. The van der Waals surface area contributed by atoms with E-state index in [9.17, 15) is 0 Å². The van der Waals surface area contributed by atoms with Crippen LogP contribution in [0.3, 0.4) is 0 Å². The normalized spacial score (nSPS) is 17.4. The highest BCUT2D eigenvalue weighted by atomic mass is 15.2. The van der Waals surface area contributed by atoms with Crippen molar-refractivity contribution < 1.29 is 0 Å². The van der Waals surface area contributed by atoms with Crippen LogP contribution < -0.4 is 5.73 Å². The number of nitrogens with zero attached hydrogens (tertiary/aromatic N) is 2. The topological polar surface area (TPSA) is 53.0 Å². The van der Waals surface area contributed by atoms with Gasteiger partial charge in [-0.1, -0.05) is 12.1 Å². The lowest BCUT2D eigenvalue weighted by Crippen LogP contribution is -2.54. The van der Waals surface area contributed by atoms with Crippen LogP contribution >= 0.6 is 0 Å². The molecule has 1 aliphatic rings. The highest BCUT2D eigenvalue weighted by molar-refractivity contribution is 5.31. The number of nitriles is 1. The molecule has 0 atom stereocenters. The second kappa shape index (κ2) is 3.79. The Hall–Kier alpha value is -1.37. The van der Waals surface area contributed by atoms with Crippen molar-refractivity contribution in [2.24, 2.45) is 5.73 Å². The van der Waals surface area contributed by atoms with Crippen LogP contribution in [-0.2, 0) is 6.54 Å². The molecule has 0 radical (unpaired) electrons. The predicted octanol–water partition coefficient (Wildman–Crippen LogP) is 0.701. The fourth-order valence-corrected chi connectivity index (χ4v) is 1.68. The highest BCUT2D eigenvalue weighted by Crippen LogP contribution is 2.12. The molecule has 2 rings (SSSR count). The van der Waals surface area contributed by atoms with Crippen LogP contribution in [0.15, 0.2) is 24.3 Å². The summed E-state index contributed by atoms with van der Waals surface area (Å²) < 4.78 is 0. The van der Waals surface area contributed by atoms with Gasteiger partial charge in [0.25, 0.3) is 0 Å². The average molecular weight is 187 g/mol. The van der Waals surface area contributed by atoms with E-state index in [1.165, 1.54) is 5.56 Å². The molecular weight excluding hydrogens is 174 g/mol. The molecule has 1 aromatic carbocycles. The maximum Gasteiger partial charge on any atom is 0.0991 e. The molecule has 0 spiro atoms. The molecule has 1 heterocycles. The van der Waals surface area contributed by atoms with Gasteiger partial charge in [0.2, 0.25) is 0 Å². The van der Waals surface area contributed by atoms with Gasteiger partial charge in [-0.25, -0.2) is 0 Å². The average Bonchev–Trinajstić information content (AvgIpc) is 2.17. The molecule has 1 aromatic rings. The molecule has 1 fully saturated rings. The molecule has 0 amide bonds. The van der Waals surface area contributed by atoms with Crippen molar-refractivity contribution in [3.8, 4) is 6.07 Å². The molecule has 3 nitrogen and oxygen atoms in total. The van der Waals surface area contributed by atoms with E-state index >= 15 is 0 Å². The minimum absolute atomic E-state index is 0.355. The zero-order valence-corrected chi connectivity index (χ0v) is 7.98. The first-order valence-electron chi connectivity index (χ1n) is 4.75. The lowest BCUT2D eigenvalue weighted by Gasteiger charge is -2.36. The van der Waals surface area contributed by atoms with Gasteiger partial charge in [-0.2, -0.15) is 5.26 Å². The quantitative estimate of drug-likeness (QED) is 0.741. The van der Waals surface area contributed by atoms with E-state index in [0.29, 0.717) is 11.6 Å². The third-order valence-electron chi connectivity index (χ3n) is 2.47. The number of benzene rings is 1. The Kier molecular flexibility index (Phi) is 2.49. The fourth-order valence-electron chi connectivity index (χ4n) is 1.68. The highest BCUT2D eigenvalue weighted by Gasteiger charge is 2.22. The van der Waals surface area contributed by atoms with Crippen LogP contribution in [0.2, 0.25) is 0 Å². The number of hydrogen-bond donors (Lipinski definition) is 1. The fraction of sp³-hybridized carbons (Fsp3) is 0.364. The van der Waals surface area contributed by atoms with E-state index in [4.69, 9.17) is 11.0 Å². The summed E-state index contributed by atoms with van der Waals surface area (Å²) in [5, 5.41) is 8.63. The van der Waals surface area contributed by atoms with Gasteiger partial charge in [-0.15, -0.1) is 0 Å². The Balaban J connectivity index is 1.94. The SMILES string of the molecule is N#Cc1ccc(CN2CC(N)C2)cc1. The summed E-state index contributed by atoms with van der Waals surface area (Å²) in [5.74, 6) is 0. The maximum atomic E-state index is 8.63. The minimum Gasteiger partial charge on any atom is -0.325 e. The van der Waals surface area contributed by atoms with Crippen molar-refractivity contribution in [2.75, 3.05) is 13.1 Å². The first kappa shape index (κ1) is 9.20. The molecule has 2 N–H and O–H groups in total. The van der Waals surface area contributed by atoms with Gasteiger partial charge in [0, 0.05) is 25.7 Å². The first-order chi connectivity index (χ1) is 6.78. The summed E-state index contributed by atoms with van der Waals surface area (Å²) in [7, 11) is 0. The van der Waals surface area contributed by atoms with E-state index in [1.807, 2.05) is 24.3 Å². The van der Waals surface area contributed by atoms with Crippen molar-refractivity contribution in [1.82, 2.24) is 4.90 Å². The van der Waals surface area contributed by atoms with Crippen LogP contribution in [0.1, 0.15) is 11.1 Å². The molecule has 0 aromatic heterocycles. The van der Waals surface area contributed by atoms with Gasteiger partial charge in [0.1, 0.15) is 0 Å². The monoisotopic (exact) mass is 187 g/mol. The van der Waals surface area contributed by atoms with Crippen molar-refractivity contribution >= 4 is 0 Å². The van der Waals surface area contributed by atoms with E-state index in [1.54, 1.807) is 0 Å². The molecule has 0 unspecified atom stereocenters. The van der Waals surface area contributed by atoms with Crippen LogP contribution in [-0.4, -0.2) is 24.0 Å². The van der Waals surface area contributed by atoms with Gasteiger partial charge in [0.15, 0.2) is 0 Å². The molecule has 14 heavy (non-hydrogen) atoms. The summed E-state index contributed by atoms with van der Waals surface area (Å²) in [6, 6.07) is 10.2. The standard InChI is InChI=1S/C11H13N3/c12-5-9-1-3-10(4-2-9)6-14-7-11(13)8-14/h1-4,11H,6-8,13H2. The van der Waals surface area contributed by atoms with Crippen molar-refractivity contribution in [2.45, 2.75) is 12.6 Å². The first-order valence-corrected chi connectivity index (χ1v) is 4.75. The lowest BCUT2D eigenvalue weighted by molar-refractivity contribution is 0.142. The largest absolute Gasteiger partial charge is 0.325 e. The second-order valence-corrected chi connectivity index (χ2v) is 3.76. The van der Waals surface area contributed by atoms with Crippen LogP contribution in [0.4, 0.5) is 0 Å². The summed E-state index contributed by atoms with van der Waals surface area (Å²) in [6.45, 7) is 2.92. The van der Waals surface area contributed by atoms with E-state index in [-0.39, 0.29) is 0 Å².